The second-order valence-electron chi connectivity index (χ2n) is 5.61. The van der Waals surface area contributed by atoms with Crippen molar-refractivity contribution >= 4 is 45.9 Å². The molecule has 0 saturated heterocycles. The van der Waals surface area contributed by atoms with Gasteiger partial charge in [-0.15, -0.1) is 23.1 Å². The van der Waals surface area contributed by atoms with Gasteiger partial charge in [0.05, 0.1) is 11.1 Å². The maximum atomic E-state index is 12.1. The summed E-state index contributed by atoms with van der Waals surface area (Å²) in [5.74, 6) is -1.70. The van der Waals surface area contributed by atoms with Crippen LogP contribution in [0.2, 0.25) is 0 Å². The van der Waals surface area contributed by atoms with Gasteiger partial charge in [0.25, 0.3) is 11.8 Å². The molecule has 0 saturated carbocycles. The number of rotatable bonds is 6. The maximum Gasteiger partial charge on any atom is 0.341 e. The van der Waals surface area contributed by atoms with Crippen LogP contribution in [0.5, 0.6) is 0 Å². The molecule has 7 nitrogen and oxygen atoms in total. The molecule has 2 amide bonds. The van der Waals surface area contributed by atoms with Crippen molar-refractivity contribution in [1.29, 1.82) is 0 Å². The van der Waals surface area contributed by atoms with E-state index < -0.39 is 24.4 Å². The molecule has 0 spiro atoms. The van der Waals surface area contributed by atoms with Gasteiger partial charge in [-0.2, -0.15) is 0 Å². The number of nitrogens with zero attached hydrogens (tertiary/aromatic N) is 1. The van der Waals surface area contributed by atoms with Crippen molar-refractivity contribution < 1.29 is 19.1 Å². The standard InChI is InChI=1S/C17H17N3O4S2/c1-25-15-10(5-3-7-19-15)17(23)24-8-12(21)20-16-13(14(18)22)9-4-2-6-11(9)26-16/h3,5,7H,2,4,6,8H2,1H3,(H2,18,22)(H,20,21). The lowest BCUT2D eigenvalue weighted by atomic mass is 10.1. The second-order valence-corrected chi connectivity index (χ2v) is 7.51. The summed E-state index contributed by atoms with van der Waals surface area (Å²) in [7, 11) is 0. The Bertz CT molecular complexity index is 879. The van der Waals surface area contributed by atoms with Crippen molar-refractivity contribution in [3.05, 3.63) is 39.9 Å². The fourth-order valence-electron chi connectivity index (χ4n) is 2.83. The van der Waals surface area contributed by atoms with Gasteiger partial charge in [-0.1, -0.05) is 0 Å². The minimum absolute atomic E-state index is 0.306. The number of hydrogen-bond acceptors (Lipinski definition) is 7. The van der Waals surface area contributed by atoms with E-state index in [4.69, 9.17) is 10.5 Å². The van der Waals surface area contributed by atoms with Crippen molar-refractivity contribution in [2.24, 2.45) is 5.73 Å². The van der Waals surface area contributed by atoms with Gasteiger partial charge in [0.15, 0.2) is 6.61 Å². The topological polar surface area (TPSA) is 111 Å². The van der Waals surface area contributed by atoms with E-state index in [0.717, 1.165) is 29.7 Å². The Morgan fingerprint density at radius 2 is 2.19 bits per heavy atom. The average molecular weight is 391 g/mol. The zero-order valence-electron chi connectivity index (χ0n) is 14.0. The van der Waals surface area contributed by atoms with Gasteiger partial charge < -0.3 is 15.8 Å². The molecule has 0 radical (unpaired) electrons. The first kappa shape index (κ1) is 18.4. The van der Waals surface area contributed by atoms with Crippen LogP contribution in [0, 0.1) is 0 Å². The van der Waals surface area contributed by atoms with Crippen LogP contribution in [0.15, 0.2) is 23.4 Å². The molecule has 3 N–H and O–H groups in total. The summed E-state index contributed by atoms with van der Waals surface area (Å²) in [5, 5.41) is 3.59. The minimum atomic E-state index is -0.624. The number of carbonyl (C=O) groups is 3. The molecule has 0 fully saturated rings. The van der Waals surface area contributed by atoms with Gasteiger partial charge in [0.2, 0.25) is 0 Å². The van der Waals surface area contributed by atoms with Crippen molar-refractivity contribution in [3.8, 4) is 0 Å². The van der Waals surface area contributed by atoms with Crippen molar-refractivity contribution in [1.82, 2.24) is 4.98 Å². The predicted octanol–water partition coefficient (Wildman–Crippen LogP) is 2.25. The first-order chi connectivity index (χ1) is 12.5. The SMILES string of the molecule is CSc1ncccc1C(=O)OCC(=O)Nc1sc2c(c1C(N)=O)CCC2. The number of thiophene rings is 1. The molecule has 0 atom stereocenters. The summed E-state index contributed by atoms with van der Waals surface area (Å²) in [6.45, 7) is -0.456. The molecule has 9 heteroatoms. The molecule has 0 unspecified atom stereocenters. The second kappa shape index (κ2) is 7.88. The van der Waals surface area contributed by atoms with Crippen molar-refractivity contribution in [2.45, 2.75) is 24.3 Å². The fraction of sp³-hybridized carbons (Fsp3) is 0.294. The number of carbonyl (C=O) groups excluding carboxylic acids is 3. The van der Waals surface area contributed by atoms with Crippen LogP contribution in [-0.2, 0) is 22.4 Å². The van der Waals surface area contributed by atoms with Gasteiger partial charge in [-0.3, -0.25) is 9.59 Å². The molecule has 2 heterocycles. The Hall–Kier alpha value is -2.39. The first-order valence-electron chi connectivity index (χ1n) is 7.91. The number of anilines is 1. The lowest BCUT2D eigenvalue weighted by molar-refractivity contribution is -0.119. The lowest BCUT2D eigenvalue weighted by Gasteiger charge is -2.08. The summed E-state index contributed by atoms with van der Waals surface area (Å²) >= 11 is 2.67. The van der Waals surface area contributed by atoms with Gasteiger partial charge >= 0.3 is 5.97 Å². The number of thioether (sulfide) groups is 1. The largest absolute Gasteiger partial charge is 0.452 e. The van der Waals surface area contributed by atoms with E-state index in [9.17, 15) is 14.4 Å². The molecule has 26 heavy (non-hydrogen) atoms. The number of esters is 1. The summed E-state index contributed by atoms with van der Waals surface area (Å²) in [6, 6.07) is 3.22. The third kappa shape index (κ3) is 3.73. The number of pyridine rings is 1. The number of primary amides is 1. The molecule has 1 aliphatic rings. The highest BCUT2D eigenvalue weighted by atomic mass is 32.2. The summed E-state index contributed by atoms with van der Waals surface area (Å²) in [6.07, 6.45) is 6.02. The molecule has 0 aromatic carbocycles. The summed E-state index contributed by atoms with van der Waals surface area (Å²) < 4.78 is 5.07. The number of ether oxygens (including phenoxy) is 1. The normalized spacial score (nSPS) is 12.5. The number of nitrogens with one attached hydrogen (secondary N) is 1. The van der Waals surface area contributed by atoms with Crippen LogP contribution >= 0.6 is 23.1 Å². The Morgan fingerprint density at radius 1 is 1.38 bits per heavy atom. The van der Waals surface area contributed by atoms with Crippen LogP contribution in [0.3, 0.4) is 0 Å². The highest BCUT2D eigenvalue weighted by Crippen LogP contribution is 2.38. The lowest BCUT2D eigenvalue weighted by Crippen LogP contribution is -2.23. The zero-order chi connectivity index (χ0) is 18.7. The Morgan fingerprint density at radius 3 is 2.92 bits per heavy atom. The van der Waals surface area contributed by atoms with E-state index in [1.54, 1.807) is 24.6 Å². The number of hydrogen-bond donors (Lipinski definition) is 2. The zero-order valence-corrected chi connectivity index (χ0v) is 15.7. The monoisotopic (exact) mass is 391 g/mol. The number of amides is 2. The number of aryl methyl sites for hydroxylation is 1. The summed E-state index contributed by atoms with van der Waals surface area (Å²) in [5.41, 5.74) is 7.07. The molecule has 0 aliphatic heterocycles. The molecule has 2 aromatic rings. The van der Waals surface area contributed by atoms with E-state index >= 15 is 0 Å². The van der Waals surface area contributed by atoms with Gasteiger partial charge in [0.1, 0.15) is 10.0 Å². The average Bonchev–Trinajstić information content (AvgIpc) is 3.19. The van der Waals surface area contributed by atoms with Crippen LogP contribution in [0.4, 0.5) is 5.00 Å². The first-order valence-corrected chi connectivity index (χ1v) is 9.95. The highest BCUT2D eigenvalue weighted by Gasteiger charge is 2.26. The fourth-order valence-corrected chi connectivity index (χ4v) is 4.68. The van der Waals surface area contributed by atoms with E-state index in [-0.39, 0.29) is 0 Å². The predicted molar refractivity (Wildman–Crippen MR) is 99.8 cm³/mol. The molecule has 3 rings (SSSR count). The molecule has 2 aromatic heterocycles. The van der Waals surface area contributed by atoms with E-state index in [1.807, 2.05) is 0 Å². The van der Waals surface area contributed by atoms with Crippen LogP contribution in [0.1, 0.15) is 37.6 Å². The molecular weight excluding hydrogens is 374 g/mol. The molecular formula is C17H17N3O4S2. The van der Waals surface area contributed by atoms with Gasteiger partial charge in [-0.05, 0) is 43.2 Å². The van der Waals surface area contributed by atoms with E-state index in [0.29, 0.717) is 21.2 Å². The van der Waals surface area contributed by atoms with Crippen molar-refractivity contribution in [2.75, 3.05) is 18.2 Å². The Balaban J connectivity index is 1.65. The van der Waals surface area contributed by atoms with Gasteiger partial charge in [0, 0.05) is 11.1 Å². The van der Waals surface area contributed by atoms with Crippen LogP contribution < -0.4 is 11.1 Å². The number of fused-ring (bicyclic) bond motifs is 1. The number of aromatic nitrogens is 1. The summed E-state index contributed by atoms with van der Waals surface area (Å²) in [4.78, 5) is 41.2. The van der Waals surface area contributed by atoms with Crippen LogP contribution in [0.25, 0.3) is 0 Å². The van der Waals surface area contributed by atoms with E-state index in [1.165, 1.54) is 23.1 Å². The third-order valence-electron chi connectivity index (χ3n) is 3.94. The van der Waals surface area contributed by atoms with Crippen LogP contribution in [-0.4, -0.2) is 35.6 Å². The Labute approximate surface area is 158 Å². The highest BCUT2D eigenvalue weighted by molar-refractivity contribution is 7.98. The smallest absolute Gasteiger partial charge is 0.341 e. The van der Waals surface area contributed by atoms with Gasteiger partial charge in [-0.25, -0.2) is 9.78 Å². The van der Waals surface area contributed by atoms with E-state index in [2.05, 4.69) is 10.3 Å². The maximum absolute atomic E-state index is 12.1. The molecule has 136 valence electrons. The quantitative estimate of drug-likeness (QED) is 0.577. The number of nitrogens with two attached hydrogens (primary N) is 1. The third-order valence-corrected chi connectivity index (χ3v) is 5.86. The Kier molecular flexibility index (Phi) is 5.58. The molecule has 1 aliphatic carbocycles. The minimum Gasteiger partial charge on any atom is -0.452 e. The molecule has 0 bridgehead atoms. The van der Waals surface area contributed by atoms with Crippen molar-refractivity contribution in [3.63, 3.8) is 0 Å².